The summed E-state index contributed by atoms with van der Waals surface area (Å²) in [6, 6.07) is 9.56. The molecule has 1 aromatic rings. The van der Waals surface area contributed by atoms with Crippen LogP contribution in [0.15, 0.2) is 30.3 Å². The number of nitrogens with zero attached hydrogens (tertiary/aromatic N) is 2. The molecule has 0 aromatic heterocycles. The van der Waals surface area contributed by atoms with E-state index in [9.17, 15) is 14.4 Å². The number of urea groups is 1. The molecule has 142 valence electrons. The van der Waals surface area contributed by atoms with Gasteiger partial charge < -0.3 is 10.2 Å². The molecule has 0 unspecified atom stereocenters. The number of hydrogen-bond acceptors (Lipinski definition) is 4. The number of carbonyl (C=O) groups is 3. The lowest BCUT2D eigenvalue weighted by molar-refractivity contribution is -0.133. The summed E-state index contributed by atoms with van der Waals surface area (Å²) in [6.07, 6.45) is 0.488. The Morgan fingerprint density at radius 1 is 1.08 bits per heavy atom. The third-order valence-electron chi connectivity index (χ3n) is 4.53. The zero-order chi connectivity index (χ0) is 18.9. The fourth-order valence-electron chi connectivity index (χ4n) is 3.02. The number of hydrogen-bond donors (Lipinski definition) is 2. The summed E-state index contributed by atoms with van der Waals surface area (Å²) in [5.74, 6) is 0.00536. The van der Waals surface area contributed by atoms with Crippen LogP contribution in [0, 0.1) is 0 Å². The van der Waals surface area contributed by atoms with Crippen molar-refractivity contribution in [2.45, 2.75) is 26.2 Å². The van der Waals surface area contributed by atoms with Crippen LogP contribution >= 0.6 is 0 Å². The summed E-state index contributed by atoms with van der Waals surface area (Å²) >= 11 is 0. The van der Waals surface area contributed by atoms with Crippen LogP contribution < -0.4 is 10.6 Å². The Labute approximate surface area is 154 Å². The molecule has 1 saturated heterocycles. The molecule has 26 heavy (non-hydrogen) atoms. The van der Waals surface area contributed by atoms with Crippen LogP contribution in [0.3, 0.4) is 0 Å². The third-order valence-corrected chi connectivity index (χ3v) is 4.53. The standard InChI is InChI=1S/C19H28N4O3/c1-3-20-19(26)21-17(24)14-22-9-11-23(12-10-22)18(25)13-15(2)16-7-5-4-6-8-16/h4-8,15H,3,9-14H2,1-2H3,(H2,20,21,24,26)/t15-/m1/s1. The maximum Gasteiger partial charge on any atom is 0.321 e. The molecular weight excluding hydrogens is 332 g/mol. The van der Waals surface area contributed by atoms with Crippen LogP contribution in [0.5, 0.6) is 0 Å². The number of benzene rings is 1. The first-order valence-electron chi connectivity index (χ1n) is 9.12. The first kappa shape index (κ1) is 19.9. The van der Waals surface area contributed by atoms with Crippen LogP contribution in [-0.4, -0.2) is 66.9 Å². The van der Waals surface area contributed by atoms with E-state index < -0.39 is 6.03 Å². The van der Waals surface area contributed by atoms with Gasteiger partial charge in [0.1, 0.15) is 0 Å². The molecule has 1 fully saturated rings. The molecule has 0 spiro atoms. The number of imide groups is 1. The van der Waals surface area contributed by atoms with Gasteiger partial charge in [0.15, 0.2) is 0 Å². The first-order chi connectivity index (χ1) is 12.5. The van der Waals surface area contributed by atoms with E-state index in [1.165, 1.54) is 5.56 Å². The Hall–Kier alpha value is -2.41. The molecule has 7 heteroatoms. The lowest BCUT2D eigenvalue weighted by Gasteiger charge is -2.34. The van der Waals surface area contributed by atoms with Crippen molar-refractivity contribution >= 4 is 17.8 Å². The fraction of sp³-hybridized carbons (Fsp3) is 0.526. The molecule has 1 aliphatic heterocycles. The Morgan fingerprint density at radius 2 is 1.73 bits per heavy atom. The Morgan fingerprint density at radius 3 is 2.35 bits per heavy atom. The van der Waals surface area contributed by atoms with E-state index >= 15 is 0 Å². The summed E-state index contributed by atoms with van der Waals surface area (Å²) < 4.78 is 0. The van der Waals surface area contributed by atoms with Crippen LogP contribution in [0.25, 0.3) is 0 Å². The van der Waals surface area contributed by atoms with Crippen molar-refractivity contribution in [3.05, 3.63) is 35.9 Å². The summed E-state index contributed by atoms with van der Waals surface area (Å²) in [7, 11) is 0. The van der Waals surface area contributed by atoms with Gasteiger partial charge in [0.2, 0.25) is 11.8 Å². The lowest BCUT2D eigenvalue weighted by Crippen LogP contribution is -2.52. The molecule has 1 aliphatic rings. The maximum absolute atomic E-state index is 12.5. The van der Waals surface area contributed by atoms with Gasteiger partial charge in [-0.15, -0.1) is 0 Å². The van der Waals surface area contributed by atoms with Crippen molar-refractivity contribution < 1.29 is 14.4 Å². The van der Waals surface area contributed by atoms with Crippen LogP contribution in [0.1, 0.15) is 31.7 Å². The Balaban J connectivity index is 1.73. The van der Waals surface area contributed by atoms with Gasteiger partial charge >= 0.3 is 6.03 Å². The average molecular weight is 360 g/mol. The second-order valence-electron chi connectivity index (χ2n) is 6.58. The molecule has 0 bridgehead atoms. The van der Waals surface area contributed by atoms with Crippen LogP contribution in [0.4, 0.5) is 4.79 Å². The monoisotopic (exact) mass is 360 g/mol. The van der Waals surface area contributed by atoms with Gasteiger partial charge in [-0.05, 0) is 18.4 Å². The normalized spacial score (nSPS) is 16.0. The van der Waals surface area contributed by atoms with E-state index in [1.807, 2.05) is 40.1 Å². The van der Waals surface area contributed by atoms with Crippen molar-refractivity contribution in [1.29, 1.82) is 0 Å². The molecular formula is C19H28N4O3. The summed E-state index contributed by atoms with van der Waals surface area (Å²) in [6.45, 7) is 6.97. The minimum absolute atomic E-state index is 0.146. The zero-order valence-electron chi connectivity index (χ0n) is 15.5. The number of carbonyl (C=O) groups excluding carboxylic acids is 3. The van der Waals surface area contributed by atoms with E-state index in [0.717, 1.165) is 0 Å². The van der Waals surface area contributed by atoms with Gasteiger partial charge in [-0.1, -0.05) is 37.3 Å². The highest BCUT2D eigenvalue weighted by Crippen LogP contribution is 2.20. The predicted molar refractivity (Wildman–Crippen MR) is 99.7 cm³/mol. The molecule has 2 N–H and O–H groups in total. The van der Waals surface area contributed by atoms with Gasteiger partial charge in [0, 0.05) is 39.1 Å². The smallest absolute Gasteiger partial charge is 0.321 e. The first-order valence-corrected chi connectivity index (χ1v) is 9.12. The number of rotatable bonds is 6. The molecule has 0 saturated carbocycles. The number of amides is 4. The lowest BCUT2D eigenvalue weighted by atomic mass is 9.97. The molecule has 0 aliphatic carbocycles. The zero-order valence-corrected chi connectivity index (χ0v) is 15.5. The summed E-state index contributed by atoms with van der Waals surface area (Å²) in [5.41, 5.74) is 1.17. The largest absolute Gasteiger partial charge is 0.340 e. The van der Waals surface area contributed by atoms with Gasteiger partial charge in [-0.2, -0.15) is 0 Å². The van der Waals surface area contributed by atoms with E-state index in [0.29, 0.717) is 39.1 Å². The number of nitrogens with one attached hydrogen (secondary N) is 2. The minimum Gasteiger partial charge on any atom is -0.340 e. The van der Waals surface area contributed by atoms with E-state index in [4.69, 9.17) is 0 Å². The molecule has 7 nitrogen and oxygen atoms in total. The Kier molecular flexibility index (Phi) is 7.59. The minimum atomic E-state index is -0.471. The van der Waals surface area contributed by atoms with Crippen molar-refractivity contribution in [3.8, 4) is 0 Å². The summed E-state index contributed by atoms with van der Waals surface area (Å²) in [4.78, 5) is 39.5. The van der Waals surface area contributed by atoms with Crippen LogP contribution in [-0.2, 0) is 9.59 Å². The van der Waals surface area contributed by atoms with Crippen molar-refractivity contribution in [1.82, 2.24) is 20.4 Å². The van der Waals surface area contributed by atoms with E-state index in [2.05, 4.69) is 17.6 Å². The average Bonchev–Trinajstić information content (AvgIpc) is 2.63. The Bertz CT molecular complexity index is 612. The SMILES string of the molecule is CCNC(=O)NC(=O)CN1CCN(C(=O)C[C@@H](C)c2ccccc2)CC1. The quantitative estimate of drug-likeness (QED) is 0.798. The predicted octanol–water partition coefficient (Wildman–Crippen LogP) is 1.17. The second-order valence-corrected chi connectivity index (χ2v) is 6.58. The van der Waals surface area contributed by atoms with Crippen molar-refractivity contribution in [3.63, 3.8) is 0 Å². The van der Waals surface area contributed by atoms with Gasteiger partial charge in [-0.25, -0.2) is 4.79 Å². The third kappa shape index (κ3) is 6.15. The topological polar surface area (TPSA) is 81.8 Å². The van der Waals surface area contributed by atoms with Crippen molar-refractivity contribution in [2.75, 3.05) is 39.3 Å². The van der Waals surface area contributed by atoms with E-state index in [1.54, 1.807) is 6.92 Å². The van der Waals surface area contributed by atoms with Crippen LogP contribution in [0.2, 0.25) is 0 Å². The highest BCUT2D eigenvalue weighted by atomic mass is 16.2. The van der Waals surface area contributed by atoms with E-state index in [-0.39, 0.29) is 24.3 Å². The van der Waals surface area contributed by atoms with Gasteiger partial charge in [0.25, 0.3) is 0 Å². The molecule has 1 aromatic carbocycles. The van der Waals surface area contributed by atoms with Gasteiger partial charge in [-0.3, -0.25) is 19.8 Å². The van der Waals surface area contributed by atoms with Crippen molar-refractivity contribution in [2.24, 2.45) is 0 Å². The molecule has 4 amide bonds. The molecule has 2 rings (SSSR count). The highest BCUT2D eigenvalue weighted by molar-refractivity contribution is 5.95. The maximum atomic E-state index is 12.5. The van der Waals surface area contributed by atoms with Gasteiger partial charge in [0.05, 0.1) is 6.54 Å². The number of piperazine rings is 1. The highest BCUT2D eigenvalue weighted by Gasteiger charge is 2.24. The second kappa shape index (κ2) is 9.91. The molecule has 0 radical (unpaired) electrons. The molecule has 1 atom stereocenters. The summed E-state index contributed by atoms with van der Waals surface area (Å²) in [5, 5.41) is 4.82. The molecule has 1 heterocycles. The fourth-order valence-corrected chi connectivity index (χ4v) is 3.02.